The number of anilines is 2. The number of nitrogens with one attached hydrogen (secondary N) is 3. The topological polar surface area (TPSA) is 81.1 Å². The van der Waals surface area contributed by atoms with Gasteiger partial charge in [0.2, 0.25) is 12.7 Å². The van der Waals surface area contributed by atoms with E-state index in [9.17, 15) is 9.59 Å². The number of amides is 2. The number of carbonyl (C=O) groups excluding carboxylic acids is 2. The van der Waals surface area contributed by atoms with Crippen molar-refractivity contribution in [2.24, 2.45) is 5.92 Å². The number of carbonyl (C=O) groups is 2. The number of aryl methyl sites for hydroxylation is 2. The average Bonchev–Trinajstić information content (AvgIpc) is 3.42. The van der Waals surface area contributed by atoms with Crippen molar-refractivity contribution in [3.8, 4) is 11.5 Å². The molecule has 7 heteroatoms. The van der Waals surface area contributed by atoms with Crippen molar-refractivity contribution in [1.82, 2.24) is 0 Å². The standard InChI is InChI=1S/C24H27N3O4/c28-23(25-19-5-4-16-2-1-3-18(16)12-19)14-27-10-8-17(9-11-27)24(29)26-20-6-7-21-22(13-20)31-15-30-21/h4-7,12-13,17H,1-3,8-11,14-15H2,(H,25,28)(H,26,29)/p+1. The minimum absolute atomic E-state index is 0.0282. The second-order valence-electron chi connectivity index (χ2n) is 8.64. The first-order valence-corrected chi connectivity index (χ1v) is 11.1. The lowest BCUT2D eigenvalue weighted by molar-refractivity contribution is -0.897. The molecule has 3 N–H and O–H groups in total. The molecule has 0 radical (unpaired) electrons. The van der Waals surface area contributed by atoms with Crippen LogP contribution >= 0.6 is 0 Å². The average molecular weight is 423 g/mol. The molecule has 2 aromatic rings. The van der Waals surface area contributed by atoms with E-state index in [2.05, 4.69) is 22.8 Å². The van der Waals surface area contributed by atoms with Crippen LogP contribution in [0.25, 0.3) is 0 Å². The van der Waals surface area contributed by atoms with Gasteiger partial charge < -0.3 is 25.0 Å². The molecule has 2 amide bonds. The van der Waals surface area contributed by atoms with Gasteiger partial charge in [0.05, 0.1) is 13.1 Å². The second-order valence-corrected chi connectivity index (χ2v) is 8.64. The molecule has 2 heterocycles. The van der Waals surface area contributed by atoms with Crippen molar-refractivity contribution in [2.75, 3.05) is 37.1 Å². The van der Waals surface area contributed by atoms with Crippen LogP contribution in [0.15, 0.2) is 36.4 Å². The third-order valence-electron chi connectivity index (χ3n) is 6.50. The van der Waals surface area contributed by atoms with Crippen LogP contribution in [0.1, 0.15) is 30.4 Å². The van der Waals surface area contributed by atoms with Gasteiger partial charge >= 0.3 is 0 Å². The SMILES string of the molecule is O=C(C[NH+]1CCC(C(=O)Nc2ccc3c(c2)OCO3)CC1)Nc1ccc2c(c1)CCC2. The van der Waals surface area contributed by atoms with Crippen LogP contribution in [0.4, 0.5) is 11.4 Å². The van der Waals surface area contributed by atoms with Crippen LogP contribution < -0.4 is 25.0 Å². The summed E-state index contributed by atoms with van der Waals surface area (Å²) >= 11 is 0. The van der Waals surface area contributed by atoms with E-state index in [1.165, 1.54) is 22.4 Å². The Morgan fingerprint density at radius 1 is 0.903 bits per heavy atom. The smallest absolute Gasteiger partial charge is 0.279 e. The Bertz CT molecular complexity index is 998. The van der Waals surface area contributed by atoms with E-state index in [0.29, 0.717) is 18.0 Å². The maximum atomic E-state index is 12.7. The van der Waals surface area contributed by atoms with Crippen LogP contribution in [-0.4, -0.2) is 38.2 Å². The molecule has 1 fully saturated rings. The third kappa shape index (κ3) is 4.51. The maximum Gasteiger partial charge on any atom is 0.279 e. The van der Waals surface area contributed by atoms with E-state index in [1.54, 1.807) is 6.07 Å². The van der Waals surface area contributed by atoms with Crippen LogP contribution in [0.2, 0.25) is 0 Å². The normalized spacial score (nSPS) is 21.4. The van der Waals surface area contributed by atoms with Crippen LogP contribution in [0.3, 0.4) is 0 Å². The molecule has 0 unspecified atom stereocenters. The molecule has 2 aliphatic heterocycles. The molecule has 3 aliphatic rings. The molecule has 31 heavy (non-hydrogen) atoms. The minimum Gasteiger partial charge on any atom is -0.454 e. The van der Waals surface area contributed by atoms with Gasteiger partial charge in [-0.2, -0.15) is 0 Å². The van der Waals surface area contributed by atoms with E-state index in [4.69, 9.17) is 9.47 Å². The van der Waals surface area contributed by atoms with Crippen molar-refractivity contribution in [1.29, 1.82) is 0 Å². The van der Waals surface area contributed by atoms with Gasteiger partial charge in [0.15, 0.2) is 18.0 Å². The quantitative estimate of drug-likeness (QED) is 0.686. The monoisotopic (exact) mass is 422 g/mol. The van der Waals surface area contributed by atoms with Gasteiger partial charge in [-0.15, -0.1) is 0 Å². The molecular weight excluding hydrogens is 394 g/mol. The largest absolute Gasteiger partial charge is 0.454 e. The highest BCUT2D eigenvalue weighted by molar-refractivity contribution is 5.93. The molecule has 0 aromatic heterocycles. The van der Waals surface area contributed by atoms with Crippen molar-refractivity contribution < 1.29 is 24.0 Å². The van der Waals surface area contributed by atoms with E-state index in [1.807, 2.05) is 18.2 Å². The van der Waals surface area contributed by atoms with Gasteiger partial charge in [0.1, 0.15) is 0 Å². The Balaban J connectivity index is 1.08. The van der Waals surface area contributed by atoms with Crippen LogP contribution in [0.5, 0.6) is 11.5 Å². The number of piperidine rings is 1. The number of hydrogen-bond donors (Lipinski definition) is 3. The summed E-state index contributed by atoms with van der Waals surface area (Å²) in [5.74, 6) is 1.39. The molecule has 2 aromatic carbocycles. The number of likely N-dealkylation sites (tertiary alicyclic amines) is 1. The molecule has 0 saturated carbocycles. The molecule has 5 rings (SSSR count). The van der Waals surface area contributed by atoms with E-state index >= 15 is 0 Å². The lowest BCUT2D eigenvalue weighted by atomic mass is 9.95. The summed E-state index contributed by atoms with van der Waals surface area (Å²) in [4.78, 5) is 26.4. The Morgan fingerprint density at radius 3 is 2.52 bits per heavy atom. The number of ether oxygens (including phenoxy) is 2. The van der Waals surface area contributed by atoms with Crippen molar-refractivity contribution in [2.45, 2.75) is 32.1 Å². The zero-order valence-electron chi connectivity index (χ0n) is 17.5. The van der Waals surface area contributed by atoms with E-state index < -0.39 is 0 Å². The Labute approximate surface area is 181 Å². The Kier molecular flexibility index (Phi) is 5.51. The lowest BCUT2D eigenvalue weighted by Gasteiger charge is -2.28. The van der Waals surface area contributed by atoms with Crippen molar-refractivity contribution >= 4 is 23.2 Å². The first-order valence-electron chi connectivity index (χ1n) is 11.1. The number of quaternary nitrogens is 1. The fraction of sp³-hybridized carbons (Fsp3) is 0.417. The minimum atomic E-state index is -0.0334. The number of rotatable bonds is 5. The summed E-state index contributed by atoms with van der Waals surface area (Å²) in [7, 11) is 0. The van der Waals surface area contributed by atoms with Gasteiger partial charge in [-0.05, 0) is 54.7 Å². The summed E-state index contributed by atoms with van der Waals surface area (Å²) in [6.45, 7) is 2.29. The van der Waals surface area contributed by atoms with Crippen LogP contribution in [0, 0.1) is 5.92 Å². The molecule has 0 atom stereocenters. The van der Waals surface area contributed by atoms with Gasteiger partial charge in [-0.1, -0.05) is 6.07 Å². The highest BCUT2D eigenvalue weighted by Crippen LogP contribution is 2.34. The van der Waals surface area contributed by atoms with Gasteiger partial charge in [-0.25, -0.2) is 0 Å². The lowest BCUT2D eigenvalue weighted by Crippen LogP contribution is -3.14. The van der Waals surface area contributed by atoms with E-state index in [-0.39, 0.29) is 24.5 Å². The summed E-state index contributed by atoms with van der Waals surface area (Å²) in [6, 6.07) is 11.7. The van der Waals surface area contributed by atoms with Gasteiger partial charge in [-0.3, -0.25) is 9.59 Å². The van der Waals surface area contributed by atoms with Crippen LogP contribution in [-0.2, 0) is 22.4 Å². The van der Waals surface area contributed by atoms with Gasteiger partial charge in [0.25, 0.3) is 5.91 Å². The first-order chi connectivity index (χ1) is 15.1. The number of benzene rings is 2. The molecule has 162 valence electrons. The number of fused-ring (bicyclic) bond motifs is 2. The fourth-order valence-electron chi connectivity index (χ4n) is 4.77. The number of hydrogen-bond acceptors (Lipinski definition) is 4. The molecular formula is C24H28N3O4+. The molecule has 7 nitrogen and oxygen atoms in total. The Morgan fingerprint density at radius 2 is 1.65 bits per heavy atom. The highest BCUT2D eigenvalue weighted by Gasteiger charge is 2.29. The first kappa shape index (κ1) is 19.9. The van der Waals surface area contributed by atoms with E-state index in [0.717, 1.165) is 50.1 Å². The fourth-order valence-corrected chi connectivity index (χ4v) is 4.77. The summed E-state index contributed by atoms with van der Waals surface area (Å²) in [5, 5.41) is 6.03. The molecule has 1 aliphatic carbocycles. The molecule has 0 spiro atoms. The summed E-state index contributed by atoms with van der Waals surface area (Å²) in [5.41, 5.74) is 4.38. The summed E-state index contributed by atoms with van der Waals surface area (Å²) in [6.07, 6.45) is 5.00. The van der Waals surface area contributed by atoms with Crippen molar-refractivity contribution in [3.63, 3.8) is 0 Å². The van der Waals surface area contributed by atoms with Gasteiger partial charge in [0, 0.05) is 36.2 Å². The Hall–Kier alpha value is -3.06. The highest BCUT2D eigenvalue weighted by atomic mass is 16.7. The zero-order valence-corrected chi connectivity index (χ0v) is 17.5. The van der Waals surface area contributed by atoms with Crippen molar-refractivity contribution in [3.05, 3.63) is 47.5 Å². The second kappa shape index (κ2) is 8.59. The zero-order chi connectivity index (χ0) is 21.2. The third-order valence-corrected chi connectivity index (χ3v) is 6.50. The molecule has 1 saturated heterocycles. The summed E-state index contributed by atoms with van der Waals surface area (Å²) < 4.78 is 10.7. The molecule has 0 bridgehead atoms. The predicted octanol–water partition coefficient (Wildman–Crippen LogP) is 1.78. The maximum absolute atomic E-state index is 12.7. The predicted molar refractivity (Wildman–Crippen MR) is 117 cm³/mol.